The van der Waals surface area contributed by atoms with Crippen molar-refractivity contribution < 1.29 is 4.42 Å². The van der Waals surface area contributed by atoms with Crippen molar-refractivity contribution in [1.82, 2.24) is 4.98 Å². The van der Waals surface area contributed by atoms with Crippen LogP contribution in [0.4, 0.5) is 11.5 Å². The van der Waals surface area contributed by atoms with Crippen molar-refractivity contribution in [2.75, 3.05) is 11.1 Å². The smallest absolute Gasteiger partial charge is 0.150 e. The number of furan rings is 1. The van der Waals surface area contributed by atoms with E-state index in [-0.39, 0.29) is 6.04 Å². The number of aryl methyl sites for hydroxylation is 1. The summed E-state index contributed by atoms with van der Waals surface area (Å²) in [5.41, 5.74) is 7.41. The molecule has 4 heteroatoms. The van der Waals surface area contributed by atoms with Crippen LogP contribution in [0.5, 0.6) is 0 Å². The van der Waals surface area contributed by atoms with Crippen LogP contribution in [-0.2, 0) is 0 Å². The Bertz CT molecular complexity index is 465. The van der Waals surface area contributed by atoms with Crippen LogP contribution in [0, 0.1) is 6.92 Å². The fourth-order valence-electron chi connectivity index (χ4n) is 1.50. The Balaban J connectivity index is 2.17. The lowest BCUT2D eigenvalue weighted by molar-refractivity contribution is 0.490. The van der Waals surface area contributed by atoms with Gasteiger partial charge in [0.1, 0.15) is 11.6 Å². The minimum Gasteiger partial charge on any atom is -0.467 e. The average molecular weight is 217 g/mol. The van der Waals surface area contributed by atoms with Crippen molar-refractivity contribution in [2.24, 2.45) is 0 Å². The second-order valence-electron chi connectivity index (χ2n) is 3.77. The fraction of sp³-hybridized carbons (Fsp3) is 0.250. The molecule has 0 aliphatic heterocycles. The third-order valence-electron chi connectivity index (χ3n) is 2.39. The van der Waals surface area contributed by atoms with Gasteiger partial charge in [-0.25, -0.2) is 4.98 Å². The maximum atomic E-state index is 5.84. The quantitative estimate of drug-likeness (QED) is 0.829. The average Bonchev–Trinajstić information content (AvgIpc) is 2.76. The van der Waals surface area contributed by atoms with Crippen LogP contribution in [0.15, 0.2) is 34.9 Å². The predicted octanol–water partition coefficient (Wildman–Crippen LogP) is 2.74. The van der Waals surface area contributed by atoms with E-state index in [1.165, 1.54) is 0 Å². The Hall–Kier alpha value is -1.97. The lowest BCUT2D eigenvalue weighted by atomic mass is 10.2. The first-order chi connectivity index (χ1) is 7.66. The molecule has 0 amide bonds. The Morgan fingerprint density at radius 3 is 2.88 bits per heavy atom. The van der Waals surface area contributed by atoms with Crippen molar-refractivity contribution in [3.63, 3.8) is 0 Å². The standard InChI is InChI=1S/C12H15N3O/c1-8-5-6-10(13)12(14-8)15-9(2)11-4-3-7-16-11/h3-7,9H,13H2,1-2H3,(H,14,15). The molecule has 3 N–H and O–H groups in total. The van der Waals surface area contributed by atoms with E-state index in [2.05, 4.69) is 10.3 Å². The van der Waals surface area contributed by atoms with Crippen LogP contribution in [0.2, 0.25) is 0 Å². The summed E-state index contributed by atoms with van der Waals surface area (Å²) in [7, 11) is 0. The Morgan fingerprint density at radius 2 is 2.19 bits per heavy atom. The molecule has 2 heterocycles. The molecule has 2 aromatic heterocycles. The number of aromatic nitrogens is 1. The maximum absolute atomic E-state index is 5.84. The van der Waals surface area contributed by atoms with Gasteiger partial charge in [-0.3, -0.25) is 0 Å². The molecule has 4 nitrogen and oxygen atoms in total. The van der Waals surface area contributed by atoms with Crippen LogP contribution < -0.4 is 11.1 Å². The van der Waals surface area contributed by atoms with E-state index in [9.17, 15) is 0 Å². The van der Waals surface area contributed by atoms with E-state index in [1.54, 1.807) is 6.26 Å². The van der Waals surface area contributed by atoms with Gasteiger partial charge in [-0.2, -0.15) is 0 Å². The number of nitrogens with zero attached hydrogens (tertiary/aromatic N) is 1. The van der Waals surface area contributed by atoms with Crippen molar-refractivity contribution in [3.8, 4) is 0 Å². The van der Waals surface area contributed by atoms with E-state index in [4.69, 9.17) is 10.2 Å². The summed E-state index contributed by atoms with van der Waals surface area (Å²) in [6, 6.07) is 7.56. The first-order valence-electron chi connectivity index (χ1n) is 5.20. The van der Waals surface area contributed by atoms with Crippen LogP contribution in [0.25, 0.3) is 0 Å². The molecule has 0 aromatic carbocycles. The van der Waals surface area contributed by atoms with Gasteiger partial charge < -0.3 is 15.5 Å². The van der Waals surface area contributed by atoms with E-state index >= 15 is 0 Å². The molecule has 2 aromatic rings. The molecule has 0 aliphatic rings. The van der Waals surface area contributed by atoms with Gasteiger partial charge in [-0.15, -0.1) is 0 Å². The summed E-state index contributed by atoms with van der Waals surface area (Å²) in [5.74, 6) is 1.56. The maximum Gasteiger partial charge on any atom is 0.150 e. The van der Waals surface area contributed by atoms with Crippen molar-refractivity contribution in [3.05, 3.63) is 42.0 Å². The molecular formula is C12H15N3O. The third-order valence-corrected chi connectivity index (χ3v) is 2.39. The highest BCUT2D eigenvalue weighted by molar-refractivity contribution is 5.61. The number of rotatable bonds is 3. The summed E-state index contributed by atoms with van der Waals surface area (Å²) < 4.78 is 5.31. The zero-order valence-corrected chi connectivity index (χ0v) is 9.40. The van der Waals surface area contributed by atoms with Crippen molar-refractivity contribution in [1.29, 1.82) is 0 Å². The molecular weight excluding hydrogens is 202 g/mol. The molecule has 0 aliphatic carbocycles. The molecule has 0 saturated heterocycles. The molecule has 0 bridgehead atoms. The van der Waals surface area contributed by atoms with E-state index < -0.39 is 0 Å². The molecule has 1 atom stereocenters. The third kappa shape index (κ3) is 2.16. The molecule has 0 radical (unpaired) electrons. The topological polar surface area (TPSA) is 64.1 Å². The molecule has 84 valence electrons. The SMILES string of the molecule is Cc1ccc(N)c(NC(C)c2ccco2)n1. The number of nitrogens with two attached hydrogens (primary N) is 1. The summed E-state index contributed by atoms with van der Waals surface area (Å²) in [6.45, 7) is 3.93. The molecule has 16 heavy (non-hydrogen) atoms. The van der Waals surface area contributed by atoms with Gasteiger partial charge in [0.2, 0.25) is 0 Å². The van der Waals surface area contributed by atoms with Gasteiger partial charge in [-0.05, 0) is 38.1 Å². The molecule has 0 saturated carbocycles. The Kier molecular flexibility index (Phi) is 2.81. The highest BCUT2D eigenvalue weighted by Crippen LogP contribution is 2.22. The van der Waals surface area contributed by atoms with Gasteiger partial charge in [0.05, 0.1) is 18.0 Å². The van der Waals surface area contributed by atoms with Crippen molar-refractivity contribution in [2.45, 2.75) is 19.9 Å². The van der Waals surface area contributed by atoms with Crippen LogP contribution in [0.3, 0.4) is 0 Å². The number of pyridine rings is 1. The van der Waals surface area contributed by atoms with Crippen LogP contribution in [0.1, 0.15) is 24.4 Å². The minimum absolute atomic E-state index is 0.0478. The van der Waals surface area contributed by atoms with Gasteiger partial charge in [-0.1, -0.05) is 0 Å². The van der Waals surface area contributed by atoms with E-state index in [1.807, 2.05) is 38.1 Å². The fourth-order valence-corrected chi connectivity index (χ4v) is 1.50. The lowest BCUT2D eigenvalue weighted by Crippen LogP contribution is -2.09. The molecule has 0 spiro atoms. The number of nitrogen functional groups attached to an aromatic ring is 1. The molecule has 1 unspecified atom stereocenters. The largest absolute Gasteiger partial charge is 0.467 e. The molecule has 2 rings (SSSR count). The van der Waals surface area contributed by atoms with Gasteiger partial charge in [0, 0.05) is 5.69 Å². The van der Waals surface area contributed by atoms with Crippen LogP contribution >= 0.6 is 0 Å². The van der Waals surface area contributed by atoms with Gasteiger partial charge in [0.25, 0.3) is 0 Å². The zero-order chi connectivity index (χ0) is 11.5. The second-order valence-corrected chi connectivity index (χ2v) is 3.77. The van der Waals surface area contributed by atoms with E-state index in [0.717, 1.165) is 11.5 Å². The number of nitrogens with one attached hydrogen (secondary N) is 1. The first kappa shape index (κ1) is 10.5. The van der Waals surface area contributed by atoms with Gasteiger partial charge in [0.15, 0.2) is 0 Å². The molecule has 0 fully saturated rings. The summed E-state index contributed by atoms with van der Waals surface area (Å²) in [6.07, 6.45) is 1.65. The summed E-state index contributed by atoms with van der Waals surface area (Å²) >= 11 is 0. The highest BCUT2D eigenvalue weighted by Gasteiger charge is 2.10. The minimum atomic E-state index is 0.0478. The normalized spacial score (nSPS) is 12.4. The van der Waals surface area contributed by atoms with E-state index in [0.29, 0.717) is 11.5 Å². The number of hydrogen-bond donors (Lipinski definition) is 2. The second kappa shape index (κ2) is 4.26. The highest BCUT2D eigenvalue weighted by atomic mass is 16.3. The Labute approximate surface area is 94.5 Å². The zero-order valence-electron chi connectivity index (χ0n) is 9.40. The number of hydrogen-bond acceptors (Lipinski definition) is 4. The number of anilines is 2. The Morgan fingerprint density at radius 1 is 1.38 bits per heavy atom. The van der Waals surface area contributed by atoms with Crippen LogP contribution in [-0.4, -0.2) is 4.98 Å². The summed E-state index contributed by atoms with van der Waals surface area (Å²) in [5, 5.41) is 3.22. The summed E-state index contributed by atoms with van der Waals surface area (Å²) in [4.78, 5) is 4.34. The predicted molar refractivity (Wildman–Crippen MR) is 64.1 cm³/mol. The first-order valence-corrected chi connectivity index (χ1v) is 5.20. The lowest BCUT2D eigenvalue weighted by Gasteiger charge is -2.14. The monoisotopic (exact) mass is 217 g/mol. The van der Waals surface area contributed by atoms with Crippen molar-refractivity contribution >= 4 is 11.5 Å². The van der Waals surface area contributed by atoms with Gasteiger partial charge >= 0.3 is 0 Å².